The molecule has 0 saturated heterocycles. The van der Waals surface area contributed by atoms with E-state index in [1.165, 1.54) is 18.3 Å². The normalized spacial score (nSPS) is 10.1. The minimum atomic E-state index is -0.504. The van der Waals surface area contributed by atoms with Crippen LogP contribution < -0.4 is 4.74 Å². The molecule has 0 unspecified atom stereocenters. The van der Waals surface area contributed by atoms with Gasteiger partial charge >= 0.3 is 0 Å². The number of halogens is 1. The highest BCUT2D eigenvalue weighted by Crippen LogP contribution is 2.24. The number of hydrogen-bond donors (Lipinski definition) is 1. The lowest BCUT2D eigenvalue weighted by Crippen LogP contribution is -1.91. The topological polar surface area (TPSA) is 42.4 Å². The molecule has 0 aliphatic rings. The van der Waals surface area contributed by atoms with Gasteiger partial charge < -0.3 is 9.84 Å². The first-order valence-electron chi connectivity index (χ1n) is 4.77. The Morgan fingerprint density at radius 3 is 2.81 bits per heavy atom. The fourth-order valence-corrected chi connectivity index (χ4v) is 1.26. The van der Waals surface area contributed by atoms with E-state index in [-0.39, 0.29) is 12.4 Å². The number of benzene rings is 1. The van der Waals surface area contributed by atoms with Gasteiger partial charge in [-0.25, -0.2) is 4.39 Å². The van der Waals surface area contributed by atoms with Gasteiger partial charge in [0, 0.05) is 6.20 Å². The van der Waals surface area contributed by atoms with E-state index in [2.05, 4.69) is 4.98 Å². The number of aliphatic hydroxyl groups is 1. The van der Waals surface area contributed by atoms with Crippen molar-refractivity contribution in [3.63, 3.8) is 0 Å². The molecule has 1 aromatic heterocycles. The molecule has 0 amide bonds. The molecular weight excluding hydrogens is 209 g/mol. The zero-order valence-electron chi connectivity index (χ0n) is 8.43. The zero-order chi connectivity index (χ0) is 11.4. The standard InChI is InChI=1S/C12H10FNO2/c13-11-6-9(8-15)3-4-12(11)16-10-2-1-5-14-7-10/h1-7,15H,8H2. The lowest BCUT2D eigenvalue weighted by molar-refractivity contribution is 0.281. The van der Waals surface area contributed by atoms with Gasteiger partial charge in [-0.15, -0.1) is 0 Å². The molecule has 16 heavy (non-hydrogen) atoms. The number of hydrogen-bond acceptors (Lipinski definition) is 3. The summed E-state index contributed by atoms with van der Waals surface area (Å²) >= 11 is 0. The van der Waals surface area contributed by atoms with E-state index in [4.69, 9.17) is 9.84 Å². The van der Waals surface area contributed by atoms with Crippen LogP contribution in [0.15, 0.2) is 42.7 Å². The first-order valence-corrected chi connectivity index (χ1v) is 4.77. The Balaban J connectivity index is 2.22. The number of ether oxygens (including phenoxy) is 1. The van der Waals surface area contributed by atoms with E-state index < -0.39 is 5.82 Å². The van der Waals surface area contributed by atoms with Crippen LogP contribution in [0, 0.1) is 5.82 Å². The fourth-order valence-electron chi connectivity index (χ4n) is 1.26. The first kappa shape index (κ1) is 10.6. The highest BCUT2D eigenvalue weighted by atomic mass is 19.1. The molecule has 0 fully saturated rings. The molecule has 1 N–H and O–H groups in total. The van der Waals surface area contributed by atoms with E-state index in [0.717, 1.165) is 0 Å². The molecule has 4 heteroatoms. The van der Waals surface area contributed by atoms with Crippen LogP contribution in [-0.4, -0.2) is 10.1 Å². The monoisotopic (exact) mass is 219 g/mol. The molecule has 2 aromatic rings. The molecule has 0 atom stereocenters. The molecule has 0 bridgehead atoms. The van der Waals surface area contributed by atoms with Crippen LogP contribution in [0.3, 0.4) is 0 Å². The first-order chi connectivity index (χ1) is 7.79. The van der Waals surface area contributed by atoms with Crippen molar-refractivity contribution >= 4 is 0 Å². The lowest BCUT2D eigenvalue weighted by atomic mass is 10.2. The summed E-state index contributed by atoms with van der Waals surface area (Å²) in [4.78, 5) is 3.86. The summed E-state index contributed by atoms with van der Waals surface area (Å²) in [6, 6.07) is 7.72. The van der Waals surface area contributed by atoms with Crippen LogP contribution in [0.1, 0.15) is 5.56 Å². The van der Waals surface area contributed by atoms with Crippen molar-refractivity contribution in [2.75, 3.05) is 0 Å². The molecule has 0 radical (unpaired) electrons. The number of rotatable bonds is 3. The SMILES string of the molecule is OCc1ccc(Oc2cccnc2)c(F)c1. The molecule has 82 valence electrons. The van der Waals surface area contributed by atoms with Crippen LogP contribution in [0.25, 0.3) is 0 Å². The van der Waals surface area contributed by atoms with Crippen molar-refractivity contribution in [2.24, 2.45) is 0 Å². The van der Waals surface area contributed by atoms with E-state index >= 15 is 0 Å². The maximum atomic E-state index is 13.5. The van der Waals surface area contributed by atoms with Gasteiger partial charge in [0.1, 0.15) is 5.75 Å². The highest BCUT2D eigenvalue weighted by molar-refractivity contribution is 5.33. The number of aromatic nitrogens is 1. The Kier molecular flexibility index (Phi) is 3.12. The Labute approximate surface area is 92.1 Å². The van der Waals surface area contributed by atoms with Crippen molar-refractivity contribution in [3.05, 3.63) is 54.1 Å². The molecule has 0 aliphatic carbocycles. The molecule has 0 aliphatic heterocycles. The average molecular weight is 219 g/mol. The fraction of sp³-hybridized carbons (Fsp3) is 0.0833. The third-order valence-corrected chi connectivity index (χ3v) is 2.04. The molecule has 2 rings (SSSR count). The third kappa shape index (κ3) is 2.35. The minimum Gasteiger partial charge on any atom is -0.453 e. The van der Waals surface area contributed by atoms with Crippen molar-refractivity contribution in [1.29, 1.82) is 0 Å². The summed E-state index contributed by atoms with van der Waals surface area (Å²) in [6.45, 7) is -0.190. The van der Waals surface area contributed by atoms with E-state index in [0.29, 0.717) is 11.3 Å². The van der Waals surface area contributed by atoms with Crippen LogP contribution in [0.5, 0.6) is 11.5 Å². The van der Waals surface area contributed by atoms with Crippen molar-refractivity contribution in [3.8, 4) is 11.5 Å². The van der Waals surface area contributed by atoms with E-state index in [1.54, 1.807) is 24.4 Å². The number of aliphatic hydroxyl groups excluding tert-OH is 1. The summed E-state index contributed by atoms with van der Waals surface area (Å²) in [5.41, 5.74) is 0.510. The van der Waals surface area contributed by atoms with Crippen molar-refractivity contribution in [1.82, 2.24) is 4.98 Å². The summed E-state index contributed by atoms with van der Waals surface area (Å²) < 4.78 is 18.8. The second kappa shape index (κ2) is 4.72. The van der Waals surface area contributed by atoms with Crippen LogP contribution in [-0.2, 0) is 6.61 Å². The van der Waals surface area contributed by atoms with Crippen LogP contribution >= 0.6 is 0 Å². The molecule has 1 heterocycles. The maximum Gasteiger partial charge on any atom is 0.166 e. The van der Waals surface area contributed by atoms with Gasteiger partial charge in [-0.3, -0.25) is 4.98 Å². The number of nitrogens with zero attached hydrogens (tertiary/aromatic N) is 1. The third-order valence-electron chi connectivity index (χ3n) is 2.04. The molecule has 0 spiro atoms. The van der Waals surface area contributed by atoms with Gasteiger partial charge in [-0.2, -0.15) is 0 Å². The maximum absolute atomic E-state index is 13.5. The second-order valence-corrected chi connectivity index (χ2v) is 3.21. The van der Waals surface area contributed by atoms with Gasteiger partial charge in [-0.05, 0) is 29.8 Å². The van der Waals surface area contributed by atoms with Crippen molar-refractivity contribution in [2.45, 2.75) is 6.61 Å². The van der Waals surface area contributed by atoms with Crippen molar-refractivity contribution < 1.29 is 14.2 Å². The summed E-state index contributed by atoms with van der Waals surface area (Å²) in [5.74, 6) is 0.0822. The van der Waals surface area contributed by atoms with Gasteiger partial charge in [0.05, 0.1) is 12.8 Å². The van der Waals surface area contributed by atoms with Gasteiger partial charge in [-0.1, -0.05) is 6.07 Å². The lowest BCUT2D eigenvalue weighted by Gasteiger charge is -2.06. The summed E-state index contributed by atoms with van der Waals surface area (Å²) in [7, 11) is 0. The predicted molar refractivity (Wildman–Crippen MR) is 56.6 cm³/mol. The molecule has 0 saturated carbocycles. The van der Waals surface area contributed by atoms with Gasteiger partial charge in [0.15, 0.2) is 11.6 Å². The molecule has 1 aromatic carbocycles. The van der Waals surface area contributed by atoms with E-state index in [1.807, 2.05) is 0 Å². The Morgan fingerprint density at radius 1 is 1.31 bits per heavy atom. The summed E-state index contributed by atoms with van der Waals surface area (Å²) in [5, 5.41) is 8.83. The quantitative estimate of drug-likeness (QED) is 0.862. The van der Waals surface area contributed by atoms with E-state index in [9.17, 15) is 4.39 Å². The smallest absolute Gasteiger partial charge is 0.166 e. The van der Waals surface area contributed by atoms with Gasteiger partial charge in [0.25, 0.3) is 0 Å². The minimum absolute atomic E-state index is 0.116. The van der Waals surface area contributed by atoms with Crippen LogP contribution in [0.2, 0.25) is 0 Å². The second-order valence-electron chi connectivity index (χ2n) is 3.21. The summed E-state index contributed by atoms with van der Waals surface area (Å²) in [6.07, 6.45) is 3.11. The average Bonchev–Trinajstić information content (AvgIpc) is 2.33. The highest BCUT2D eigenvalue weighted by Gasteiger charge is 2.05. The Bertz CT molecular complexity index is 474. The predicted octanol–water partition coefficient (Wildman–Crippen LogP) is 2.51. The van der Waals surface area contributed by atoms with Gasteiger partial charge in [0.2, 0.25) is 0 Å². The Morgan fingerprint density at radius 2 is 2.19 bits per heavy atom. The molecular formula is C12H10FNO2. The largest absolute Gasteiger partial charge is 0.453 e. The molecule has 3 nitrogen and oxygen atoms in total. The zero-order valence-corrected chi connectivity index (χ0v) is 8.43. The Hall–Kier alpha value is -1.94. The van der Waals surface area contributed by atoms with Crippen LogP contribution in [0.4, 0.5) is 4.39 Å². The number of pyridine rings is 1.